The lowest BCUT2D eigenvalue weighted by atomic mass is 10.0. The molecular formula is C25H33ClN4OS2. The fraction of sp³-hybridized carbons (Fsp3) is 0.440. The molecule has 1 aliphatic carbocycles. The number of hydrogen-bond acceptors (Lipinski definition) is 7. The summed E-state index contributed by atoms with van der Waals surface area (Å²) >= 11 is 9.31. The molecular weight excluding hydrogens is 472 g/mol. The SMILES string of the molecule is CC.CNC1CC=CCC1.OCCCC#Cc1csc2c(NCc3cccs3)nc(Cl)nc12. The van der Waals surface area contributed by atoms with E-state index in [4.69, 9.17) is 16.7 Å². The van der Waals surface area contributed by atoms with E-state index in [0.717, 1.165) is 27.6 Å². The number of aliphatic hydroxyl groups excluding tert-OH is 1. The van der Waals surface area contributed by atoms with Crippen LogP contribution in [0.25, 0.3) is 10.2 Å². The van der Waals surface area contributed by atoms with Gasteiger partial charge in [0.25, 0.3) is 0 Å². The van der Waals surface area contributed by atoms with Crippen molar-refractivity contribution >= 4 is 50.3 Å². The van der Waals surface area contributed by atoms with Crippen molar-refractivity contribution in [3.8, 4) is 11.8 Å². The predicted octanol–water partition coefficient (Wildman–Crippen LogP) is 6.48. The average molecular weight is 505 g/mol. The van der Waals surface area contributed by atoms with Crippen molar-refractivity contribution in [2.24, 2.45) is 0 Å². The first-order chi connectivity index (χ1) is 16.2. The van der Waals surface area contributed by atoms with Crippen LogP contribution in [0.3, 0.4) is 0 Å². The van der Waals surface area contributed by atoms with Gasteiger partial charge < -0.3 is 15.7 Å². The second-order valence-electron chi connectivity index (χ2n) is 7.00. The lowest BCUT2D eigenvalue weighted by Crippen LogP contribution is -2.25. The van der Waals surface area contributed by atoms with Crippen LogP contribution in [0.2, 0.25) is 5.28 Å². The van der Waals surface area contributed by atoms with Gasteiger partial charge in [-0.15, -0.1) is 22.7 Å². The summed E-state index contributed by atoms with van der Waals surface area (Å²) in [6.45, 7) is 4.86. The van der Waals surface area contributed by atoms with Gasteiger partial charge in [0.15, 0.2) is 0 Å². The van der Waals surface area contributed by atoms with Crippen LogP contribution in [-0.4, -0.2) is 34.8 Å². The normalized spacial score (nSPS) is 14.4. The third-order valence-corrected chi connectivity index (χ3v) is 6.78. The zero-order chi connectivity index (χ0) is 23.9. The minimum absolute atomic E-state index is 0.157. The number of rotatable bonds is 6. The third-order valence-electron chi connectivity index (χ3n) is 4.76. The summed E-state index contributed by atoms with van der Waals surface area (Å²) in [4.78, 5) is 9.85. The number of nitrogens with zero attached hydrogens (tertiary/aromatic N) is 2. The summed E-state index contributed by atoms with van der Waals surface area (Å²) in [5, 5.41) is 19.6. The van der Waals surface area contributed by atoms with Crippen molar-refractivity contribution in [1.29, 1.82) is 0 Å². The number of aromatic nitrogens is 2. The molecule has 4 rings (SSSR count). The molecule has 8 heteroatoms. The monoisotopic (exact) mass is 504 g/mol. The van der Waals surface area contributed by atoms with Crippen LogP contribution < -0.4 is 10.6 Å². The molecule has 1 aliphatic rings. The van der Waals surface area contributed by atoms with E-state index in [1.165, 1.54) is 24.1 Å². The Hall–Kier alpha value is -1.95. The Kier molecular flexibility index (Phi) is 13.1. The van der Waals surface area contributed by atoms with E-state index in [1.807, 2.05) is 37.7 Å². The molecule has 0 amide bonds. The highest BCUT2D eigenvalue weighted by Gasteiger charge is 2.12. The van der Waals surface area contributed by atoms with Gasteiger partial charge in [-0.25, -0.2) is 4.98 Å². The Bertz CT molecular complexity index is 1040. The van der Waals surface area contributed by atoms with Crippen LogP contribution in [0.1, 0.15) is 56.4 Å². The Morgan fingerprint density at radius 2 is 2.09 bits per heavy atom. The van der Waals surface area contributed by atoms with Crippen molar-refractivity contribution in [2.75, 3.05) is 19.0 Å². The van der Waals surface area contributed by atoms with E-state index in [9.17, 15) is 0 Å². The van der Waals surface area contributed by atoms with Gasteiger partial charge in [0.2, 0.25) is 5.28 Å². The smallest absolute Gasteiger partial charge is 0.225 e. The molecule has 3 heterocycles. The van der Waals surface area contributed by atoms with E-state index >= 15 is 0 Å². The van der Waals surface area contributed by atoms with Crippen molar-refractivity contribution in [3.63, 3.8) is 0 Å². The molecule has 178 valence electrons. The lowest BCUT2D eigenvalue weighted by Gasteiger charge is -2.15. The van der Waals surface area contributed by atoms with Crippen molar-refractivity contribution in [3.05, 3.63) is 50.8 Å². The van der Waals surface area contributed by atoms with Gasteiger partial charge in [0.05, 0.1) is 16.8 Å². The number of halogens is 1. The highest BCUT2D eigenvalue weighted by atomic mass is 35.5. The molecule has 0 fully saturated rings. The van der Waals surface area contributed by atoms with E-state index in [0.29, 0.717) is 19.4 Å². The maximum absolute atomic E-state index is 8.79. The topological polar surface area (TPSA) is 70.1 Å². The van der Waals surface area contributed by atoms with Gasteiger partial charge in [0.1, 0.15) is 11.3 Å². The zero-order valence-corrected chi connectivity index (χ0v) is 21.9. The maximum Gasteiger partial charge on any atom is 0.225 e. The van der Waals surface area contributed by atoms with Gasteiger partial charge >= 0.3 is 0 Å². The molecule has 33 heavy (non-hydrogen) atoms. The first kappa shape index (κ1) is 27.3. The summed E-state index contributed by atoms with van der Waals surface area (Å²) in [6.07, 6.45) is 9.64. The van der Waals surface area contributed by atoms with Gasteiger partial charge in [-0.3, -0.25) is 0 Å². The Morgan fingerprint density at radius 3 is 2.73 bits per heavy atom. The van der Waals surface area contributed by atoms with Gasteiger partial charge in [-0.1, -0.05) is 43.9 Å². The Balaban J connectivity index is 0.000000323. The molecule has 0 radical (unpaired) electrons. The number of aliphatic hydroxyl groups is 1. The molecule has 0 spiro atoms. The second-order valence-corrected chi connectivity index (χ2v) is 9.25. The lowest BCUT2D eigenvalue weighted by molar-refractivity contribution is 0.290. The summed E-state index contributed by atoms with van der Waals surface area (Å²) in [5.74, 6) is 6.89. The van der Waals surface area contributed by atoms with Crippen molar-refractivity contribution in [1.82, 2.24) is 15.3 Å². The first-order valence-electron chi connectivity index (χ1n) is 11.3. The fourth-order valence-electron chi connectivity index (χ4n) is 3.06. The third kappa shape index (κ3) is 9.07. The number of allylic oxidation sites excluding steroid dienone is 1. The summed E-state index contributed by atoms with van der Waals surface area (Å²) in [6, 6.07) is 4.85. The Morgan fingerprint density at radius 1 is 1.24 bits per heavy atom. The minimum atomic E-state index is 0.157. The second kappa shape index (κ2) is 15.8. The highest BCUT2D eigenvalue weighted by molar-refractivity contribution is 7.18. The predicted molar refractivity (Wildman–Crippen MR) is 144 cm³/mol. The fourth-order valence-corrected chi connectivity index (χ4v) is 4.78. The minimum Gasteiger partial charge on any atom is -0.396 e. The van der Waals surface area contributed by atoms with Crippen LogP contribution in [0.15, 0.2) is 35.0 Å². The summed E-state index contributed by atoms with van der Waals surface area (Å²) in [5.41, 5.74) is 1.63. The van der Waals surface area contributed by atoms with E-state index in [1.54, 1.807) is 22.7 Å². The van der Waals surface area contributed by atoms with E-state index in [-0.39, 0.29) is 11.9 Å². The van der Waals surface area contributed by atoms with Crippen LogP contribution in [0.4, 0.5) is 5.82 Å². The number of unbranched alkanes of at least 4 members (excludes halogenated alkanes) is 1. The van der Waals surface area contributed by atoms with Crippen LogP contribution in [0.5, 0.6) is 0 Å². The number of hydrogen-bond donors (Lipinski definition) is 3. The number of nitrogens with one attached hydrogen (secondary N) is 2. The molecule has 1 unspecified atom stereocenters. The van der Waals surface area contributed by atoms with E-state index in [2.05, 4.69) is 50.7 Å². The van der Waals surface area contributed by atoms with E-state index < -0.39 is 0 Å². The molecule has 0 saturated heterocycles. The molecule has 0 aliphatic heterocycles. The van der Waals surface area contributed by atoms with Gasteiger partial charge in [-0.2, -0.15) is 4.98 Å². The maximum atomic E-state index is 8.79. The van der Waals surface area contributed by atoms with Crippen molar-refractivity contribution < 1.29 is 5.11 Å². The molecule has 0 aromatic carbocycles. The quantitative estimate of drug-likeness (QED) is 0.155. The van der Waals surface area contributed by atoms with Crippen LogP contribution >= 0.6 is 34.3 Å². The molecule has 3 aromatic rings. The summed E-state index contributed by atoms with van der Waals surface area (Å²) < 4.78 is 0.956. The summed E-state index contributed by atoms with van der Waals surface area (Å²) in [7, 11) is 2.03. The molecule has 3 N–H and O–H groups in total. The van der Waals surface area contributed by atoms with Crippen LogP contribution in [-0.2, 0) is 6.54 Å². The number of thiophene rings is 2. The highest BCUT2D eigenvalue weighted by Crippen LogP contribution is 2.31. The first-order valence-corrected chi connectivity index (χ1v) is 13.5. The van der Waals surface area contributed by atoms with Crippen LogP contribution in [0, 0.1) is 11.8 Å². The number of anilines is 1. The van der Waals surface area contributed by atoms with Crippen molar-refractivity contribution in [2.45, 2.75) is 58.5 Å². The number of fused-ring (bicyclic) bond motifs is 1. The average Bonchev–Trinajstić information content (AvgIpc) is 3.53. The molecule has 1 atom stereocenters. The largest absolute Gasteiger partial charge is 0.396 e. The van der Waals surface area contributed by atoms with Gasteiger partial charge in [0, 0.05) is 29.3 Å². The Labute approximate surface area is 210 Å². The molecule has 5 nitrogen and oxygen atoms in total. The standard InChI is InChI=1S/C16H14ClN3OS2.C7H13N.C2H6/c17-16-19-13-11(5-2-1-3-7-21)10-23-14(13)15(20-16)18-9-12-6-4-8-22-12;1-8-7-5-3-2-4-6-7;1-2/h4,6,8,10,21H,1,3,7,9H2,(H,18,19,20);2-3,7-8H,4-6H2,1H3;1-2H3. The molecule has 3 aromatic heterocycles. The molecule has 0 saturated carbocycles. The zero-order valence-electron chi connectivity index (χ0n) is 19.5. The molecule has 0 bridgehead atoms. The van der Waals surface area contributed by atoms with Gasteiger partial charge in [-0.05, 0) is 55.8 Å².